The van der Waals surface area contributed by atoms with Gasteiger partial charge >= 0.3 is 6.03 Å². The third-order valence-corrected chi connectivity index (χ3v) is 5.42. The van der Waals surface area contributed by atoms with Crippen LogP contribution in [0, 0.1) is 0 Å². The maximum atomic E-state index is 11.9. The minimum atomic E-state index is -3.09. The standard InChI is InChI=1S/C13H26N2O3S/c1-4-19(17,18)10-13(8-6-5-7-9-13)15-12(16)14-11(2)3/h11H,4-10H2,1-3H3,(H2,14,15,16). The zero-order valence-electron chi connectivity index (χ0n) is 12.2. The summed E-state index contributed by atoms with van der Waals surface area (Å²) in [6.07, 6.45) is 4.55. The lowest BCUT2D eigenvalue weighted by molar-refractivity contribution is 0.210. The molecule has 2 amide bonds. The van der Waals surface area contributed by atoms with Crippen molar-refractivity contribution in [2.75, 3.05) is 11.5 Å². The number of hydrogen-bond acceptors (Lipinski definition) is 3. The normalized spacial score (nSPS) is 19.2. The van der Waals surface area contributed by atoms with E-state index < -0.39 is 15.4 Å². The number of carbonyl (C=O) groups is 1. The predicted molar refractivity (Wildman–Crippen MR) is 76.9 cm³/mol. The van der Waals surface area contributed by atoms with Gasteiger partial charge in [-0.05, 0) is 26.7 Å². The van der Waals surface area contributed by atoms with E-state index in [0.29, 0.717) is 0 Å². The Kier molecular flexibility index (Phi) is 5.64. The third-order valence-electron chi connectivity index (χ3n) is 3.55. The first-order chi connectivity index (χ1) is 8.79. The van der Waals surface area contributed by atoms with E-state index >= 15 is 0 Å². The van der Waals surface area contributed by atoms with E-state index in [-0.39, 0.29) is 23.6 Å². The molecule has 0 aliphatic heterocycles. The number of rotatable bonds is 5. The van der Waals surface area contributed by atoms with Crippen molar-refractivity contribution >= 4 is 15.9 Å². The highest BCUT2D eigenvalue weighted by Gasteiger charge is 2.37. The summed E-state index contributed by atoms with van der Waals surface area (Å²) in [5, 5.41) is 5.70. The van der Waals surface area contributed by atoms with Crippen LogP contribution >= 0.6 is 0 Å². The van der Waals surface area contributed by atoms with Gasteiger partial charge in [-0.15, -0.1) is 0 Å². The molecule has 0 saturated heterocycles. The predicted octanol–water partition coefficient (Wildman–Crippen LogP) is 1.83. The van der Waals surface area contributed by atoms with Crippen LogP contribution < -0.4 is 10.6 Å². The lowest BCUT2D eigenvalue weighted by Crippen LogP contribution is -2.57. The van der Waals surface area contributed by atoms with E-state index in [0.717, 1.165) is 32.1 Å². The summed E-state index contributed by atoms with van der Waals surface area (Å²) in [5.74, 6) is 0.185. The average Bonchev–Trinajstić information content (AvgIpc) is 2.27. The van der Waals surface area contributed by atoms with Crippen molar-refractivity contribution < 1.29 is 13.2 Å². The first-order valence-corrected chi connectivity index (χ1v) is 8.90. The molecule has 6 heteroatoms. The molecule has 0 unspecified atom stereocenters. The second-order valence-electron chi connectivity index (χ2n) is 5.77. The van der Waals surface area contributed by atoms with E-state index in [9.17, 15) is 13.2 Å². The molecule has 1 aliphatic carbocycles. The van der Waals surface area contributed by atoms with Gasteiger partial charge < -0.3 is 10.6 Å². The average molecular weight is 290 g/mol. The van der Waals surface area contributed by atoms with Gasteiger partial charge in [-0.1, -0.05) is 26.2 Å². The van der Waals surface area contributed by atoms with Crippen LogP contribution in [-0.4, -0.2) is 37.5 Å². The number of sulfone groups is 1. The molecule has 5 nitrogen and oxygen atoms in total. The van der Waals surface area contributed by atoms with Crippen LogP contribution in [0.15, 0.2) is 0 Å². The van der Waals surface area contributed by atoms with E-state index in [2.05, 4.69) is 10.6 Å². The van der Waals surface area contributed by atoms with E-state index in [1.807, 2.05) is 13.8 Å². The molecule has 2 N–H and O–H groups in total. The number of carbonyl (C=O) groups excluding carboxylic acids is 1. The first-order valence-electron chi connectivity index (χ1n) is 7.08. The Morgan fingerprint density at radius 3 is 2.26 bits per heavy atom. The van der Waals surface area contributed by atoms with Gasteiger partial charge in [-0.25, -0.2) is 13.2 Å². The highest BCUT2D eigenvalue weighted by molar-refractivity contribution is 7.91. The summed E-state index contributed by atoms with van der Waals surface area (Å²) in [5.41, 5.74) is -0.577. The van der Waals surface area contributed by atoms with Gasteiger partial charge in [-0.3, -0.25) is 0 Å². The molecule has 0 bridgehead atoms. The van der Waals surface area contributed by atoms with Gasteiger partial charge in [0.25, 0.3) is 0 Å². The van der Waals surface area contributed by atoms with Gasteiger partial charge in [0, 0.05) is 11.8 Å². The minimum absolute atomic E-state index is 0.0448. The number of nitrogens with one attached hydrogen (secondary N) is 2. The Labute approximate surface area is 116 Å². The van der Waals surface area contributed by atoms with Gasteiger partial charge in [0.15, 0.2) is 9.84 Å². The van der Waals surface area contributed by atoms with Gasteiger partial charge in [0.2, 0.25) is 0 Å². The summed E-state index contributed by atoms with van der Waals surface area (Å²) >= 11 is 0. The van der Waals surface area contributed by atoms with Crippen molar-refractivity contribution in [1.29, 1.82) is 0 Å². The number of urea groups is 1. The molecule has 0 atom stereocenters. The van der Waals surface area contributed by atoms with Crippen molar-refractivity contribution in [3.8, 4) is 0 Å². The Bertz CT molecular complexity index is 398. The topological polar surface area (TPSA) is 75.3 Å². The molecular formula is C13H26N2O3S. The molecule has 1 saturated carbocycles. The molecule has 0 aromatic carbocycles. The van der Waals surface area contributed by atoms with E-state index in [4.69, 9.17) is 0 Å². The molecule has 0 radical (unpaired) electrons. The van der Waals surface area contributed by atoms with Crippen LogP contribution in [0.1, 0.15) is 52.9 Å². The quantitative estimate of drug-likeness (QED) is 0.811. The molecule has 0 aromatic rings. The SMILES string of the molecule is CCS(=O)(=O)CC1(NC(=O)NC(C)C)CCCCC1. The van der Waals surface area contributed by atoms with Crippen LogP contribution in [-0.2, 0) is 9.84 Å². The Hall–Kier alpha value is -0.780. The second kappa shape index (κ2) is 6.59. The summed E-state index contributed by atoms with van der Waals surface area (Å²) in [7, 11) is -3.09. The zero-order chi connectivity index (χ0) is 14.5. The van der Waals surface area contributed by atoms with Crippen LogP contribution in [0.2, 0.25) is 0 Å². The Balaban J connectivity index is 2.78. The zero-order valence-corrected chi connectivity index (χ0v) is 13.0. The van der Waals surface area contributed by atoms with Crippen molar-refractivity contribution in [3.63, 3.8) is 0 Å². The number of hydrogen-bond donors (Lipinski definition) is 2. The van der Waals surface area contributed by atoms with Gasteiger partial charge in [0.05, 0.1) is 11.3 Å². The second-order valence-corrected chi connectivity index (χ2v) is 8.12. The molecular weight excluding hydrogens is 264 g/mol. The smallest absolute Gasteiger partial charge is 0.315 e. The fourth-order valence-corrected chi connectivity index (χ4v) is 4.00. The van der Waals surface area contributed by atoms with E-state index in [1.54, 1.807) is 6.92 Å². The summed E-state index contributed by atoms with van der Waals surface area (Å²) in [4.78, 5) is 11.9. The monoisotopic (exact) mass is 290 g/mol. The largest absolute Gasteiger partial charge is 0.336 e. The summed E-state index contributed by atoms with van der Waals surface area (Å²) in [6, 6.07) is -0.216. The maximum Gasteiger partial charge on any atom is 0.315 e. The van der Waals surface area contributed by atoms with Crippen LogP contribution in [0.3, 0.4) is 0 Å². The first kappa shape index (κ1) is 16.3. The lowest BCUT2D eigenvalue weighted by Gasteiger charge is -2.38. The van der Waals surface area contributed by atoms with Gasteiger partial charge in [-0.2, -0.15) is 0 Å². The minimum Gasteiger partial charge on any atom is -0.336 e. The van der Waals surface area contributed by atoms with Crippen molar-refractivity contribution in [2.45, 2.75) is 64.5 Å². The van der Waals surface area contributed by atoms with E-state index in [1.165, 1.54) is 0 Å². The Morgan fingerprint density at radius 2 is 1.79 bits per heavy atom. The highest BCUT2D eigenvalue weighted by atomic mass is 32.2. The Morgan fingerprint density at radius 1 is 1.21 bits per heavy atom. The summed E-state index contributed by atoms with van der Waals surface area (Å²) < 4.78 is 23.8. The number of amides is 2. The summed E-state index contributed by atoms with van der Waals surface area (Å²) in [6.45, 7) is 5.42. The molecule has 19 heavy (non-hydrogen) atoms. The van der Waals surface area contributed by atoms with Gasteiger partial charge in [0.1, 0.15) is 0 Å². The molecule has 0 aromatic heterocycles. The van der Waals surface area contributed by atoms with Crippen LogP contribution in [0.5, 0.6) is 0 Å². The molecule has 0 spiro atoms. The lowest BCUT2D eigenvalue weighted by atomic mass is 9.83. The molecule has 1 aliphatic rings. The van der Waals surface area contributed by atoms with Crippen molar-refractivity contribution in [1.82, 2.24) is 10.6 Å². The van der Waals surface area contributed by atoms with Crippen LogP contribution in [0.25, 0.3) is 0 Å². The van der Waals surface area contributed by atoms with Crippen LogP contribution in [0.4, 0.5) is 4.79 Å². The highest BCUT2D eigenvalue weighted by Crippen LogP contribution is 2.29. The molecule has 1 rings (SSSR count). The fraction of sp³-hybridized carbons (Fsp3) is 0.923. The molecule has 0 heterocycles. The van der Waals surface area contributed by atoms with Crippen molar-refractivity contribution in [2.24, 2.45) is 0 Å². The maximum absolute atomic E-state index is 11.9. The third kappa shape index (κ3) is 5.38. The molecule has 112 valence electrons. The fourth-order valence-electron chi connectivity index (χ4n) is 2.60. The van der Waals surface area contributed by atoms with Crippen molar-refractivity contribution in [3.05, 3.63) is 0 Å². The molecule has 1 fully saturated rings.